The fourth-order valence-electron chi connectivity index (χ4n) is 3.13. The van der Waals surface area contributed by atoms with Crippen LogP contribution in [0.1, 0.15) is 22.3 Å². The van der Waals surface area contributed by atoms with E-state index in [0.29, 0.717) is 0 Å². The van der Waals surface area contributed by atoms with Gasteiger partial charge in [0.25, 0.3) is 0 Å². The van der Waals surface area contributed by atoms with Gasteiger partial charge in [-0.3, -0.25) is 0 Å². The van der Waals surface area contributed by atoms with Gasteiger partial charge in [-0.15, -0.1) is 0 Å². The Hall–Kier alpha value is -1.68. The molecule has 0 heterocycles. The Morgan fingerprint density at radius 1 is 0.394 bits per heavy atom. The number of rotatable bonds is 8. The summed E-state index contributed by atoms with van der Waals surface area (Å²) < 4.78 is 18.0. The summed E-state index contributed by atoms with van der Waals surface area (Å²) in [6, 6.07) is 34.9. The van der Waals surface area contributed by atoms with E-state index in [4.69, 9.17) is 5.97 Å². The van der Waals surface area contributed by atoms with E-state index in [1.165, 1.54) is 36.5 Å². The molecule has 0 aliphatic heterocycles. The third-order valence-electron chi connectivity index (χ3n) is 5.09. The maximum absolute atomic E-state index is 6.46. The first-order chi connectivity index (χ1) is 16.0. The van der Waals surface area contributed by atoms with Crippen molar-refractivity contribution in [3.8, 4) is 0 Å². The monoisotopic (exact) mass is 661 g/mol. The predicted octanol–water partition coefficient (Wildman–Crippen LogP) is 8.11. The summed E-state index contributed by atoms with van der Waals surface area (Å²) in [5.41, 5.74) is 5.02. The molecule has 0 unspecified atom stereocenters. The number of aryl methyl sites for hydroxylation is 4. The van der Waals surface area contributed by atoms with Crippen LogP contribution in [0.3, 0.4) is 0 Å². The molecule has 0 aliphatic carbocycles. The summed E-state index contributed by atoms with van der Waals surface area (Å²) in [6.07, 6.45) is 0. The Kier molecular flexibility index (Phi) is 8.63. The zero-order valence-corrected chi connectivity index (χ0v) is 23.7. The third-order valence-corrected chi connectivity index (χ3v) is 13.9. The van der Waals surface area contributed by atoms with Gasteiger partial charge in [0.2, 0.25) is 0 Å². The van der Waals surface area contributed by atoms with E-state index in [9.17, 15) is 0 Å². The van der Waals surface area contributed by atoms with Gasteiger partial charge in [-0.1, -0.05) is 0 Å². The van der Waals surface area contributed by atoms with Crippen molar-refractivity contribution in [3.63, 3.8) is 0 Å². The standard InChI is InChI=1S/C28H28BI2O2/c1-21-5-13-25(14-6-21)30(26-15-7-22(2)8-16-26)32-29-33-31(27-17-9-23(3)10-18-27)28-19-11-24(4)12-20-28/h5-20H,1-4H3. The van der Waals surface area contributed by atoms with Crippen molar-refractivity contribution < 1.29 is 5.97 Å². The Morgan fingerprint density at radius 3 is 0.818 bits per heavy atom. The average molecular weight is 661 g/mol. The predicted molar refractivity (Wildman–Crippen MR) is 155 cm³/mol. The van der Waals surface area contributed by atoms with Gasteiger partial charge in [0.15, 0.2) is 0 Å². The number of benzene rings is 4. The number of hydrogen-bond donors (Lipinski definition) is 0. The zero-order chi connectivity index (χ0) is 23.2. The van der Waals surface area contributed by atoms with E-state index in [0.717, 1.165) is 0 Å². The topological polar surface area (TPSA) is 18.5 Å². The van der Waals surface area contributed by atoms with Gasteiger partial charge < -0.3 is 0 Å². The maximum atomic E-state index is 6.46. The van der Waals surface area contributed by atoms with Crippen LogP contribution in [0.4, 0.5) is 0 Å². The Morgan fingerprint density at radius 2 is 0.606 bits per heavy atom. The van der Waals surface area contributed by atoms with Gasteiger partial charge in [-0.2, -0.15) is 0 Å². The van der Waals surface area contributed by atoms with Crippen molar-refractivity contribution in [1.29, 1.82) is 0 Å². The summed E-state index contributed by atoms with van der Waals surface area (Å²) in [5.74, 6) is 0. The van der Waals surface area contributed by atoms with E-state index in [1.54, 1.807) is 7.69 Å². The Labute approximate surface area is 213 Å². The van der Waals surface area contributed by atoms with Crippen molar-refractivity contribution in [2.24, 2.45) is 0 Å². The van der Waals surface area contributed by atoms with Gasteiger partial charge in [0.1, 0.15) is 0 Å². The van der Waals surface area contributed by atoms with Crippen molar-refractivity contribution in [2.75, 3.05) is 0 Å². The van der Waals surface area contributed by atoms with E-state index in [2.05, 4.69) is 125 Å². The summed E-state index contributed by atoms with van der Waals surface area (Å²) in [6.45, 7) is 8.46. The zero-order valence-electron chi connectivity index (χ0n) is 19.4. The molecule has 0 aromatic heterocycles. The molecular weight excluding hydrogens is 633 g/mol. The van der Waals surface area contributed by atoms with Crippen LogP contribution in [0.5, 0.6) is 0 Å². The van der Waals surface area contributed by atoms with Crippen LogP contribution >= 0.6 is 40.5 Å². The van der Waals surface area contributed by atoms with Gasteiger partial charge in [0, 0.05) is 0 Å². The van der Waals surface area contributed by atoms with Crippen molar-refractivity contribution in [3.05, 3.63) is 134 Å². The SMILES string of the molecule is Cc1ccc(I(O[B]OI(c2ccc(C)cc2)c2ccc(C)cc2)c2ccc(C)cc2)cc1. The van der Waals surface area contributed by atoms with Gasteiger partial charge in [0.05, 0.1) is 0 Å². The average Bonchev–Trinajstić information content (AvgIpc) is 2.82. The summed E-state index contributed by atoms with van der Waals surface area (Å²) >= 11 is -4.25. The molecule has 169 valence electrons. The first-order valence-corrected chi connectivity index (χ1v) is 16.9. The molecule has 4 rings (SSSR count). The van der Waals surface area contributed by atoms with Crippen LogP contribution in [0.2, 0.25) is 0 Å². The molecule has 0 bridgehead atoms. The van der Waals surface area contributed by atoms with Gasteiger partial charge in [-0.05, 0) is 0 Å². The second-order valence-corrected chi connectivity index (χ2v) is 16.8. The molecule has 0 N–H and O–H groups in total. The normalized spacial score (nSPS) is 11.8. The van der Waals surface area contributed by atoms with Crippen molar-refractivity contribution >= 4 is 48.2 Å². The minimum absolute atomic E-state index is 1.26. The molecule has 0 amide bonds. The molecule has 33 heavy (non-hydrogen) atoms. The summed E-state index contributed by atoms with van der Waals surface area (Å²) in [4.78, 5) is 0. The fraction of sp³-hybridized carbons (Fsp3) is 0.143. The molecule has 0 atom stereocenters. The minimum atomic E-state index is -2.13. The molecule has 2 nitrogen and oxygen atoms in total. The molecule has 0 spiro atoms. The molecule has 0 saturated heterocycles. The van der Waals surface area contributed by atoms with Crippen molar-refractivity contribution in [1.82, 2.24) is 0 Å². The number of hydrogen-bond acceptors (Lipinski definition) is 2. The summed E-state index contributed by atoms with van der Waals surface area (Å²) in [7, 11) is 1.65. The molecule has 1 radical (unpaired) electrons. The van der Waals surface area contributed by atoms with Crippen molar-refractivity contribution in [2.45, 2.75) is 27.7 Å². The molecule has 0 fully saturated rings. The van der Waals surface area contributed by atoms with Crippen LogP contribution in [0.25, 0.3) is 0 Å². The molecule has 0 aliphatic rings. The van der Waals surface area contributed by atoms with E-state index < -0.39 is 40.5 Å². The van der Waals surface area contributed by atoms with E-state index in [-0.39, 0.29) is 0 Å². The van der Waals surface area contributed by atoms with Crippen LogP contribution in [0.15, 0.2) is 97.1 Å². The van der Waals surface area contributed by atoms with E-state index in [1.807, 2.05) is 0 Å². The van der Waals surface area contributed by atoms with Crippen LogP contribution in [-0.4, -0.2) is 7.69 Å². The van der Waals surface area contributed by atoms with Crippen LogP contribution in [0, 0.1) is 42.0 Å². The molecule has 4 aromatic carbocycles. The first kappa shape index (κ1) is 24.4. The molecule has 4 aromatic rings. The molecular formula is C28H28BI2O2. The third kappa shape index (κ3) is 6.69. The summed E-state index contributed by atoms with van der Waals surface area (Å²) in [5, 5.41) is 0. The fourth-order valence-corrected chi connectivity index (χ4v) is 10.8. The first-order valence-electron chi connectivity index (χ1n) is 10.8. The second kappa shape index (κ2) is 11.6. The molecule has 5 heteroatoms. The number of halogens is 2. The quantitative estimate of drug-likeness (QED) is 0.140. The second-order valence-electron chi connectivity index (χ2n) is 7.95. The van der Waals surface area contributed by atoms with Gasteiger partial charge in [-0.25, -0.2) is 0 Å². The van der Waals surface area contributed by atoms with E-state index >= 15 is 0 Å². The molecule has 0 saturated carbocycles. The van der Waals surface area contributed by atoms with Gasteiger partial charge >= 0.3 is 215 Å². The van der Waals surface area contributed by atoms with Crippen LogP contribution < -0.4 is 0 Å². The Balaban J connectivity index is 1.57. The van der Waals surface area contributed by atoms with Crippen LogP contribution in [-0.2, 0) is 5.97 Å². The Bertz CT molecular complexity index is 973.